The molecule has 1 N–H and O–H groups in total. The first-order valence-corrected chi connectivity index (χ1v) is 7.15. The van der Waals surface area contributed by atoms with Crippen LogP contribution in [0, 0.1) is 6.92 Å². The van der Waals surface area contributed by atoms with Crippen LogP contribution in [0.15, 0.2) is 22.7 Å². The van der Waals surface area contributed by atoms with Crippen LogP contribution in [0.4, 0.5) is 5.69 Å². The maximum absolute atomic E-state index is 11.6. The zero-order valence-corrected chi connectivity index (χ0v) is 11.6. The largest absolute Gasteiger partial charge is 0.384 e. The van der Waals surface area contributed by atoms with Gasteiger partial charge < -0.3 is 4.74 Å². The highest BCUT2D eigenvalue weighted by Gasteiger charge is 2.11. The predicted octanol–water partition coefficient (Wildman–Crippen LogP) is 2.15. The number of ether oxygens (including phenoxy) is 1. The van der Waals surface area contributed by atoms with Crippen LogP contribution in [0.2, 0.25) is 0 Å². The molecule has 0 aliphatic carbocycles. The van der Waals surface area contributed by atoms with E-state index in [4.69, 9.17) is 4.74 Å². The summed E-state index contributed by atoms with van der Waals surface area (Å²) in [5.74, 6) is -0.0517. The quantitative estimate of drug-likeness (QED) is 0.907. The molecule has 0 saturated carbocycles. The molecule has 0 bridgehead atoms. The van der Waals surface area contributed by atoms with Crippen molar-refractivity contribution in [1.82, 2.24) is 0 Å². The Morgan fingerprint density at radius 2 is 2.12 bits per heavy atom. The van der Waals surface area contributed by atoms with Gasteiger partial charge in [-0.25, -0.2) is 8.42 Å². The molecule has 0 aliphatic rings. The summed E-state index contributed by atoms with van der Waals surface area (Å²) in [5.41, 5.74) is 1.55. The van der Waals surface area contributed by atoms with E-state index in [1.807, 2.05) is 19.1 Å². The molecule has 0 atom stereocenters. The number of hydrogen-bond acceptors (Lipinski definition) is 3. The van der Waals surface area contributed by atoms with Crippen molar-refractivity contribution in [2.24, 2.45) is 0 Å². The van der Waals surface area contributed by atoms with E-state index >= 15 is 0 Å². The van der Waals surface area contributed by atoms with E-state index in [1.165, 1.54) is 7.11 Å². The fraction of sp³-hybridized carbons (Fsp3) is 0.400. The molecule has 0 saturated heterocycles. The van der Waals surface area contributed by atoms with Crippen molar-refractivity contribution in [3.8, 4) is 0 Å². The number of benzene rings is 1. The topological polar surface area (TPSA) is 55.4 Å². The van der Waals surface area contributed by atoms with Crippen molar-refractivity contribution in [1.29, 1.82) is 0 Å². The number of halogens is 1. The number of nitrogens with one attached hydrogen (secondary N) is 1. The van der Waals surface area contributed by atoms with Crippen LogP contribution in [-0.4, -0.2) is 27.9 Å². The van der Waals surface area contributed by atoms with Gasteiger partial charge in [-0.05, 0) is 40.5 Å². The standard InChI is InChI=1S/C10H14BrNO3S/c1-8-3-4-9(11)10(7-8)12-16(13,14)6-5-15-2/h3-4,7,12H,5-6H2,1-2H3. The van der Waals surface area contributed by atoms with Gasteiger partial charge in [-0.2, -0.15) is 0 Å². The van der Waals surface area contributed by atoms with Gasteiger partial charge in [0.25, 0.3) is 0 Å². The van der Waals surface area contributed by atoms with Gasteiger partial charge in [0, 0.05) is 11.6 Å². The smallest absolute Gasteiger partial charge is 0.235 e. The van der Waals surface area contributed by atoms with Gasteiger partial charge in [0.15, 0.2) is 0 Å². The highest BCUT2D eigenvalue weighted by Crippen LogP contribution is 2.24. The third-order valence-corrected chi connectivity index (χ3v) is 3.87. The minimum absolute atomic E-state index is 0.0517. The highest BCUT2D eigenvalue weighted by atomic mass is 79.9. The Balaban J connectivity index is 2.83. The first-order valence-electron chi connectivity index (χ1n) is 4.70. The van der Waals surface area contributed by atoms with Gasteiger partial charge >= 0.3 is 0 Å². The molecule has 6 heteroatoms. The lowest BCUT2D eigenvalue weighted by Gasteiger charge is -2.10. The van der Waals surface area contributed by atoms with Gasteiger partial charge in [0.2, 0.25) is 10.0 Å². The highest BCUT2D eigenvalue weighted by molar-refractivity contribution is 9.10. The van der Waals surface area contributed by atoms with Crippen molar-refractivity contribution in [2.75, 3.05) is 24.2 Å². The van der Waals surface area contributed by atoms with E-state index in [2.05, 4.69) is 20.7 Å². The number of anilines is 1. The number of sulfonamides is 1. The minimum atomic E-state index is -3.34. The second-order valence-corrected chi connectivity index (χ2v) is 6.09. The molecule has 0 heterocycles. The molecular weight excluding hydrogens is 294 g/mol. The molecule has 0 spiro atoms. The normalized spacial score (nSPS) is 11.4. The Morgan fingerprint density at radius 1 is 1.44 bits per heavy atom. The van der Waals surface area contributed by atoms with Crippen LogP contribution in [0.25, 0.3) is 0 Å². The molecule has 1 aromatic carbocycles. The van der Waals surface area contributed by atoms with Crippen molar-refractivity contribution < 1.29 is 13.2 Å². The molecule has 1 rings (SSSR count). The molecule has 0 fully saturated rings. The van der Waals surface area contributed by atoms with Crippen molar-refractivity contribution in [2.45, 2.75) is 6.92 Å². The van der Waals surface area contributed by atoms with Crippen molar-refractivity contribution in [3.63, 3.8) is 0 Å². The Kier molecular flexibility index (Phi) is 4.76. The lowest BCUT2D eigenvalue weighted by atomic mass is 10.2. The maximum Gasteiger partial charge on any atom is 0.235 e. The van der Waals surface area contributed by atoms with E-state index < -0.39 is 10.0 Å². The van der Waals surface area contributed by atoms with Crippen LogP contribution >= 0.6 is 15.9 Å². The van der Waals surface area contributed by atoms with Gasteiger partial charge in [-0.15, -0.1) is 0 Å². The molecule has 90 valence electrons. The first kappa shape index (κ1) is 13.5. The van der Waals surface area contributed by atoms with E-state index in [-0.39, 0.29) is 12.4 Å². The fourth-order valence-electron chi connectivity index (χ4n) is 1.13. The molecule has 4 nitrogen and oxygen atoms in total. The number of hydrogen-bond donors (Lipinski definition) is 1. The molecule has 0 aliphatic heterocycles. The van der Waals surface area contributed by atoms with Crippen molar-refractivity contribution >= 4 is 31.6 Å². The number of aryl methyl sites for hydroxylation is 1. The lowest BCUT2D eigenvalue weighted by molar-refractivity contribution is 0.217. The lowest BCUT2D eigenvalue weighted by Crippen LogP contribution is -2.19. The summed E-state index contributed by atoms with van der Waals surface area (Å²) in [6, 6.07) is 5.48. The first-order chi connectivity index (χ1) is 7.44. The Morgan fingerprint density at radius 3 is 2.75 bits per heavy atom. The summed E-state index contributed by atoms with van der Waals surface area (Å²) in [7, 11) is -1.87. The van der Waals surface area contributed by atoms with Crippen LogP contribution in [0.5, 0.6) is 0 Å². The molecule has 0 aromatic heterocycles. The number of methoxy groups -OCH3 is 1. The van der Waals surface area contributed by atoms with Crippen LogP contribution in [0.3, 0.4) is 0 Å². The molecule has 0 radical (unpaired) electrons. The van der Waals surface area contributed by atoms with E-state index in [9.17, 15) is 8.42 Å². The summed E-state index contributed by atoms with van der Waals surface area (Å²) in [6.07, 6.45) is 0. The third kappa shape index (κ3) is 4.11. The monoisotopic (exact) mass is 307 g/mol. The van der Waals surface area contributed by atoms with E-state index in [1.54, 1.807) is 6.07 Å². The Hall–Kier alpha value is -0.590. The molecule has 1 aromatic rings. The Bertz CT molecular complexity index is 459. The average molecular weight is 308 g/mol. The Labute approximate surface area is 104 Å². The average Bonchev–Trinajstić information content (AvgIpc) is 2.20. The summed E-state index contributed by atoms with van der Waals surface area (Å²) in [5, 5.41) is 0. The second-order valence-electron chi connectivity index (χ2n) is 3.40. The fourth-order valence-corrected chi connectivity index (χ4v) is 2.60. The van der Waals surface area contributed by atoms with Crippen LogP contribution in [0.1, 0.15) is 5.56 Å². The minimum Gasteiger partial charge on any atom is -0.384 e. The van der Waals surface area contributed by atoms with Crippen molar-refractivity contribution in [3.05, 3.63) is 28.2 Å². The second kappa shape index (κ2) is 5.65. The molecule has 0 unspecified atom stereocenters. The zero-order valence-electron chi connectivity index (χ0n) is 9.16. The summed E-state index contributed by atoms with van der Waals surface area (Å²) >= 11 is 3.29. The summed E-state index contributed by atoms with van der Waals surface area (Å²) in [6.45, 7) is 2.08. The summed E-state index contributed by atoms with van der Waals surface area (Å²) < 4.78 is 31.2. The van der Waals surface area contributed by atoms with Crippen LogP contribution < -0.4 is 4.72 Å². The zero-order chi connectivity index (χ0) is 12.2. The van der Waals surface area contributed by atoms with E-state index in [0.717, 1.165) is 10.0 Å². The molecular formula is C10H14BrNO3S. The molecule has 0 amide bonds. The van der Waals surface area contributed by atoms with E-state index in [0.29, 0.717) is 5.69 Å². The predicted molar refractivity (Wildman–Crippen MR) is 68.2 cm³/mol. The maximum atomic E-state index is 11.6. The van der Waals surface area contributed by atoms with Gasteiger partial charge in [0.1, 0.15) is 0 Å². The molecule has 16 heavy (non-hydrogen) atoms. The third-order valence-electron chi connectivity index (χ3n) is 1.94. The van der Waals surface area contributed by atoms with Crippen LogP contribution in [-0.2, 0) is 14.8 Å². The van der Waals surface area contributed by atoms with Gasteiger partial charge in [-0.1, -0.05) is 6.07 Å². The van der Waals surface area contributed by atoms with Gasteiger partial charge in [-0.3, -0.25) is 4.72 Å². The SMILES string of the molecule is COCCS(=O)(=O)Nc1cc(C)ccc1Br. The summed E-state index contributed by atoms with van der Waals surface area (Å²) in [4.78, 5) is 0. The van der Waals surface area contributed by atoms with Gasteiger partial charge in [0.05, 0.1) is 18.0 Å². The number of rotatable bonds is 5.